The van der Waals surface area contributed by atoms with Crippen LogP contribution >= 0.6 is 11.6 Å². The summed E-state index contributed by atoms with van der Waals surface area (Å²) in [6.45, 7) is 3.37. The summed E-state index contributed by atoms with van der Waals surface area (Å²) in [4.78, 5) is 12.7. The lowest BCUT2D eigenvalue weighted by molar-refractivity contribution is -0.146. The molecule has 1 heterocycles. The fourth-order valence-corrected chi connectivity index (χ4v) is 2.12. The SMILES string of the molecule is Cn1ncc(Nc2ccc(Cl)cc2CC(C)(C)C(=O)O)n1. The molecule has 2 rings (SSSR count). The lowest BCUT2D eigenvalue weighted by Gasteiger charge is -2.21. The van der Waals surface area contributed by atoms with Crippen molar-refractivity contribution < 1.29 is 9.90 Å². The molecule has 1 aromatic heterocycles. The van der Waals surface area contributed by atoms with E-state index >= 15 is 0 Å². The monoisotopic (exact) mass is 308 g/mol. The van der Waals surface area contributed by atoms with Crippen LogP contribution in [-0.4, -0.2) is 26.1 Å². The van der Waals surface area contributed by atoms with Crippen LogP contribution in [0.25, 0.3) is 0 Å². The van der Waals surface area contributed by atoms with E-state index in [0.29, 0.717) is 17.3 Å². The van der Waals surface area contributed by atoms with E-state index in [1.165, 1.54) is 4.80 Å². The molecule has 0 aliphatic rings. The van der Waals surface area contributed by atoms with Gasteiger partial charge in [0.1, 0.15) is 0 Å². The van der Waals surface area contributed by atoms with E-state index < -0.39 is 11.4 Å². The molecule has 0 aliphatic heterocycles. The summed E-state index contributed by atoms with van der Waals surface area (Å²) < 4.78 is 0. The van der Waals surface area contributed by atoms with Gasteiger partial charge in [-0.1, -0.05) is 11.6 Å². The van der Waals surface area contributed by atoms with Gasteiger partial charge in [0.25, 0.3) is 0 Å². The molecule has 2 N–H and O–H groups in total. The van der Waals surface area contributed by atoms with E-state index in [9.17, 15) is 9.90 Å². The van der Waals surface area contributed by atoms with Gasteiger partial charge in [-0.25, -0.2) is 0 Å². The van der Waals surface area contributed by atoms with Crippen LogP contribution in [0.5, 0.6) is 0 Å². The molecule has 0 unspecified atom stereocenters. The molecular formula is C14H17ClN4O2. The molecule has 0 fully saturated rings. The van der Waals surface area contributed by atoms with Gasteiger partial charge in [-0.15, -0.1) is 5.10 Å². The van der Waals surface area contributed by atoms with Crippen LogP contribution in [0.2, 0.25) is 5.02 Å². The second-order valence-electron chi connectivity index (χ2n) is 5.51. The molecule has 0 aliphatic carbocycles. The number of hydrogen-bond donors (Lipinski definition) is 2. The Morgan fingerprint density at radius 3 is 2.76 bits per heavy atom. The quantitative estimate of drug-likeness (QED) is 0.887. The highest BCUT2D eigenvalue weighted by Gasteiger charge is 2.28. The summed E-state index contributed by atoms with van der Waals surface area (Å²) >= 11 is 6.03. The van der Waals surface area contributed by atoms with Crippen molar-refractivity contribution in [3.63, 3.8) is 0 Å². The zero-order valence-electron chi connectivity index (χ0n) is 12.1. The number of aromatic nitrogens is 3. The average Bonchev–Trinajstić information content (AvgIpc) is 2.78. The molecule has 1 aromatic carbocycles. The fourth-order valence-electron chi connectivity index (χ4n) is 1.92. The molecule has 0 saturated heterocycles. The molecular weight excluding hydrogens is 292 g/mol. The standard InChI is InChI=1S/C14H17ClN4O2/c1-14(2,13(20)21)7-9-6-10(15)4-5-11(9)17-12-8-16-19(3)18-12/h4-6,8H,7H2,1-3H3,(H,17,18)(H,20,21). The van der Waals surface area contributed by atoms with Crippen molar-refractivity contribution >= 4 is 29.1 Å². The van der Waals surface area contributed by atoms with Gasteiger partial charge in [0.15, 0.2) is 5.82 Å². The minimum absolute atomic E-state index is 0.353. The summed E-state index contributed by atoms with van der Waals surface area (Å²) in [6, 6.07) is 5.33. The lowest BCUT2D eigenvalue weighted by Crippen LogP contribution is -2.26. The summed E-state index contributed by atoms with van der Waals surface area (Å²) in [5, 5.41) is 21.1. The number of anilines is 2. The Balaban J connectivity index is 2.31. The second kappa shape index (κ2) is 5.73. The van der Waals surface area contributed by atoms with Gasteiger partial charge in [-0.2, -0.15) is 9.90 Å². The molecule has 6 nitrogen and oxygen atoms in total. The van der Waals surface area contributed by atoms with Crippen molar-refractivity contribution in [3.05, 3.63) is 35.0 Å². The van der Waals surface area contributed by atoms with E-state index in [1.807, 2.05) is 6.07 Å². The maximum Gasteiger partial charge on any atom is 0.309 e. The maximum absolute atomic E-state index is 11.3. The number of carboxylic acid groups (broad SMARTS) is 1. The van der Waals surface area contributed by atoms with Gasteiger partial charge in [-0.3, -0.25) is 4.79 Å². The summed E-state index contributed by atoms with van der Waals surface area (Å²) in [5.41, 5.74) is 0.707. The number of rotatable bonds is 5. The van der Waals surface area contributed by atoms with Crippen LogP contribution in [-0.2, 0) is 18.3 Å². The molecule has 0 atom stereocenters. The highest BCUT2D eigenvalue weighted by Crippen LogP contribution is 2.30. The second-order valence-corrected chi connectivity index (χ2v) is 5.95. The van der Waals surface area contributed by atoms with Gasteiger partial charge in [0.05, 0.1) is 11.6 Å². The normalized spacial score (nSPS) is 11.4. The average molecular weight is 309 g/mol. The van der Waals surface area contributed by atoms with Gasteiger partial charge in [0.2, 0.25) is 0 Å². The number of benzene rings is 1. The zero-order valence-corrected chi connectivity index (χ0v) is 12.8. The first-order chi connectivity index (χ1) is 9.78. The minimum atomic E-state index is -0.885. The smallest absolute Gasteiger partial charge is 0.309 e. The maximum atomic E-state index is 11.3. The Morgan fingerprint density at radius 2 is 2.19 bits per heavy atom. The van der Waals surface area contributed by atoms with Crippen molar-refractivity contribution in [1.82, 2.24) is 15.0 Å². The molecule has 112 valence electrons. The number of nitrogens with one attached hydrogen (secondary N) is 1. The number of nitrogens with zero attached hydrogens (tertiary/aromatic N) is 3. The number of hydrogen-bond acceptors (Lipinski definition) is 4. The molecule has 21 heavy (non-hydrogen) atoms. The number of carbonyl (C=O) groups is 1. The molecule has 2 aromatic rings. The van der Waals surface area contributed by atoms with E-state index in [1.54, 1.807) is 39.2 Å². The predicted molar refractivity (Wildman–Crippen MR) is 80.9 cm³/mol. The van der Waals surface area contributed by atoms with Gasteiger partial charge >= 0.3 is 5.97 Å². The molecule has 0 spiro atoms. The first-order valence-corrected chi connectivity index (χ1v) is 6.81. The van der Waals surface area contributed by atoms with Crippen LogP contribution in [0.3, 0.4) is 0 Å². The molecule has 0 amide bonds. The van der Waals surface area contributed by atoms with Gasteiger partial charge in [-0.05, 0) is 44.0 Å². The van der Waals surface area contributed by atoms with Gasteiger partial charge < -0.3 is 10.4 Å². The van der Waals surface area contributed by atoms with E-state index in [0.717, 1.165) is 11.3 Å². The fraction of sp³-hybridized carbons (Fsp3) is 0.357. The third-order valence-corrected chi connectivity index (χ3v) is 3.38. The first-order valence-electron chi connectivity index (χ1n) is 6.43. The molecule has 0 saturated carbocycles. The number of aryl methyl sites for hydroxylation is 1. The Morgan fingerprint density at radius 1 is 1.48 bits per heavy atom. The Labute approximate surface area is 127 Å². The summed E-state index contributed by atoms with van der Waals surface area (Å²) in [5.74, 6) is -0.262. The third kappa shape index (κ3) is 3.72. The predicted octanol–water partition coefficient (Wildman–Crippen LogP) is 2.87. The topological polar surface area (TPSA) is 80.0 Å². The van der Waals surface area contributed by atoms with Crippen molar-refractivity contribution in [2.24, 2.45) is 12.5 Å². The van der Waals surface area contributed by atoms with Crippen molar-refractivity contribution in [2.45, 2.75) is 20.3 Å². The Bertz CT molecular complexity index is 667. The zero-order chi connectivity index (χ0) is 15.6. The number of aliphatic carboxylic acids is 1. The first kappa shape index (κ1) is 15.3. The molecule has 0 bridgehead atoms. The van der Waals surface area contributed by atoms with E-state index in [-0.39, 0.29) is 0 Å². The van der Waals surface area contributed by atoms with Crippen LogP contribution in [0.1, 0.15) is 19.4 Å². The van der Waals surface area contributed by atoms with Crippen molar-refractivity contribution in [1.29, 1.82) is 0 Å². The lowest BCUT2D eigenvalue weighted by atomic mass is 9.85. The Hall–Kier alpha value is -2.08. The number of carboxylic acids is 1. The van der Waals surface area contributed by atoms with Gasteiger partial charge in [0, 0.05) is 17.8 Å². The highest BCUT2D eigenvalue weighted by molar-refractivity contribution is 6.30. The van der Waals surface area contributed by atoms with Crippen molar-refractivity contribution in [3.8, 4) is 0 Å². The Kier molecular flexibility index (Phi) is 4.18. The molecule has 0 radical (unpaired) electrons. The van der Waals surface area contributed by atoms with Crippen LogP contribution in [0, 0.1) is 5.41 Å². The minimum Gasteiger partial charge on any atom is -0.481 e. The third-order valence-electron chi connectivity index (χ3n) is 3.14. The number of halogens is 1. The van der Waals surface area contributed by atoms with Crippen LogP contribution in [0.15, 0.2) is 24.4 Å². The molecule has 7 heteroatoms. The summed E-state index contributed by atoms with van der Waals surface area (Å²) in [6.07, 6.45) is 1.95. The largest absolute Gasteiger partial charge is 0.481 e. The highest BCUT2D eigenvalue weighted by atomic mass is 35.5. The summed E-state index contributed by atoms with van der Waals surface area (Å²) in [7, 11) is 1.72. The van der Waals surface area contributed by atoms with E-state index in [4.69, 9.17) is 11.6 Å². The van der Waals surface area contributed by atoms with E-state index in [2.05, 4.69) is 15.5 Å². The van der Waals surface area contributed by atoms with Crippen molar-refractivity contribution in [2.75, 3.05) is 5.32 Å². The van der Waals surface area contributed by atoms with Crippen LogP contribution in [0.4, 0.5) is 11.5 Å². The van der Waals surface area contributed by atoms with Crippen LogP contribution < -0.4 is 5.32 Å².